The molecule has 3 rings (SSSR count). The smallest absolute Gasteiger partial charge is 0.176 e. The summed E-state index contributed by atoms with van der Waals surface area (Å²) in [5.41, 5.74) is 1.82. The summed E-state index contributed by atoms with van der Waals surface area (Å²) in [6.45, 7) is 3.65. The highest BCUT2D eigenvalue weighted by molar-refractivity contribution is 5.97. The second-order valence-corrected chi connectivity index (χ2v) is 6.60. The molecule has 0 radical (unpaired) electrons. The van der Waals surface area contributed by atoms with E-state index in [1.165, 1.54) is 29.8 Å². The van der Waals surface area contributed by atoms with E-state index in [4.69, 9.17) is 0 Å². The Hall–Kier alpha value is -2.04. The van der Waals surface area contributed by atoms with E-state index in [9.17, 15) is 14.3 Å². The first-order valence-electron chi connectivity index (χ1n) is 8.27. The predicted octanol–water partition coefficient (Wildman–Crippen LogP) is 3.30. The van der Waals surface area contributed by atoms with E-state index in [1.807, 2.05) is 36.1 Å². The highest BCUT2D eigenvalue weighted by atomic mass is 19.1. The number of benzene rings is 2. The van der Waals surface area contributed by atoms with Crippen LogP contribution in [0.15, 0.2) is 48.5 Å². The lowest BCUT2D eigenvalue weighted by molar-refractivity contribution is -0.0245. The number of halogens is 1. The quantitative estimate of drug-likeness (QED) is 0.876. The fourth-order valence-electron chi connectivity index (χ4n) is 3.16. The number of piperidine rings is 1. The van der Waals surface area contributed by atoms with Crippen molar-refractivity contribution < 1.29 is 14.3 Å². The fourth-order valence-corrected chi connectivity index (χ4v) is 3.16. The van der Waals surface area contributed by atoms with Crippen LogP contribution in [0.25, 0.3) is 0 Å². The number of hydrogen-bond acceptors (Lipinski definition) is 3. The van der Waals surface area contributed by atoms with E-state index in [1.54, 1.807) is 0 Å². The minimum absolute atomic E-state index is 0.0178. The third-order valence-electron chi connectivity index (χ3n) is 4.81. The third-order valence-corrected chi connectivity index (χ3v) is 4.81. The van der Waals surface area contributed by atoms with Crippen molar-refractivity contribution >= 4 is 5.78 Å². The number of rotatable bonds is 4. The van der Waals surface area contributed by atoms with Crippen LogP contribution in [-0.2, 0) is 5.60 Å². The van der Waals surface area contributed by atoms with Crippen LogP contribution in [0.2, 0.25) is 0 Å². The molecule has 0 unspecified atom stereocenters. The van der Waals surface area contributed by atoms with Gasteiger partial charge in [0.2, 0.25) is 0 Å². The molecule has 0 spiro atoms. The minimum Gasteiger partial charge on any atom is -0.385 e. The van der Waals surface area contributed by atoms with Gasteiger partial charge in [0.25, 0.3) is 0 Å². The van der Waals surface area contributed by atoms with Gasteiger partial charge in [0.1, 0.15) is 5.82 Å². The normalized spacial score (nSPS) is 17.6. The van der Waals surface area contributed by atoms with Crippen LogP contribution < -0.4 is 0 Å². The van der Waals surface area contributed by atoms with E-state index in [2.05, 4.69) is 0 Å². The molecule has 1 fully saturated rings. The number of Topliss-reactive ketones (excluding diaryl/α,β-unsaturated/α-hetero) is 1. The molecule has 0 aromatic heterocycles. The van der Waals surface area contributed by atoms with Gasteiger partial charge < -0.3 is 5.11 Å². The molecule has 0 atom stereocenters. The molecule has 3 nitrogen and oxygen atoms in total. The second kappa shape index (κ2) is 6.83. The first-order valence-corrected chi connectivity index (χ1v) is 8.27. The van der Waals surface area contributed by atoms with E-state index >= 15 is 0 Å². The molecule has 1 saturated heterocycles. The van der Waals surface area contributed by atoms with Crippen LogP contribution >= 0.6 is 0 Å². The molecule has 1 N–H and O–H groups in total. The van der Waals surface area contributed by atoms with Crippen LogP contribution in [0.4, 0.5) is 4.39 Å². The number of aryl methyl sites for hydroxylation is 1. The number of aliphatic hydroxyl groups is 1. The lowest BCUT2D eigenvalue weighted by Crippen LogP contribution is -2.44. The molecule has 4 heteroatoms. The highest BCUT2D eigenvalue weighted by Gasteiger charge is 2.34. The Labute approximate surface area is 141 Å². The van der Waals surface area contributed by atoms with Crippen molar-refractivity contribution in [1.82, 2.24) is 4.90 Å². The van der Waals surface area contributed by atoms with Crippen LogP contribution in [0.1, 0.15) is 34.3 Å². The van der Waals surface area contributed by atoms with Gasteiger partial charge in [-0.1, -0.05) is 29.8 Å². The van der Waals surface area contributed by atoms with E-state index < -0.39 is 5.60 Å². The molecule has 2 aromatic carbocycles. The van der Waals surface area contributed by atoms with Crippen molar-refractivity contribution in [2.75, 3.05) is 19.6 Å². The van der Waals surface area contributed by atoms with Crippen molar-refractivity contribution in [3.05, 3.63) is 71.0 Å². The molecule has 1 aliphatic heterocycles. The van der Waals surface area contributed by atoms with Gasteiger partial charge in [-0.15, -0.1) is 0 Å². The zero-order chi connectivity index (χ0) is 17.2. The minimum atomic E-state index is -0.816. The SMILES string of the molecule is Cc1ccc(C2(O)CCN(CC(=O)c3ccc(F)cc3)CC2)cc1. The standard InChI is InChI=1S/C20H22FNO2/c1-15-2-6-17(7-3-15)20(24)10-12-22(13-11-20)14-19(23)16-4-8-18(21)9-5-16/h2-9,24H,10-14H2,1H3. The molecule has 1 heterocycles. The van der Waals surface area contributed by atoms with Gasteiger partial charge >= 0.3 is 0 Å². The maximum Gasteiger partial charge on any atom is 0.176 e. The van der Waals surface area contributed by atoms with Gasteiger partial charge in [0, 0.05) is 18.7 Å². The molecular formula is C20H22FNO2. The Morgan fingerprint density at radius 2 is 1.67 bits per heavy atom. The molecule has 0 aliphatic carbocycles. The number of likely N-dealkylation sites (tertiary alicyclic amines) is 1. The Bertz CT molecular complexity index is 701. The van der Waals surface area contributed by atoms with Crippen molar-refractivity contribution in [2.24, 2.45) is 0 Å². The van der Waals surface area contributed by atoms with Gasteiger partial charge in [0.05, 0.1) is 12.1 Å². The number of nitrogens with zero attached hydrogens (tertiary/aromatic N) is 1. The summed E-state index contributed by atoms with van der Waals surface area (Å²) in [6.07, 6.45) is 1.21. The molecule has 0 bridgehead atoms. The lowest BCUT2D eigenvalue weighted by Gasteiger charge is -2.38. The topological polar surface area (TPSA) is 40.5 Å². The Balaban J connectivity index is 1.59. The summed E-state index contributed by atoms with van der Waals surface area (Å²) in [6, 6.07) is 13.6. The number of carbonyl (C=O) groups excluding carboxylic acids is 1. The Morgan fingerprint density at radius 3 is 2.25 bits per heavy atom. The van der Waals surface area contributed by atoms with Crippen LogP contribution in [-0.4, -0.2) is 35.4 Å². The zero-order valence-electron chi connectivity index (χ0n) is 13.8. The fraction of sp³-hybridized carbons (Fsp3) is 0.350. The first-order chi connectivity index (χ1) is 11.5. The maximum absolute atomic E-state index is 12.9. The summed E-state index contributed by atoms with van der Waals surface area (Å²) in [4.78, 5) is 14.3. The van der Waals surface area contributed by atoms with Crippen molar-refractivity contribution in [3.63, 3.8) is 0 Å². The van der Waals surface area contributed by atoms with Crippen molar-refractivity contribution in [2.45, 2.75) is 25.4 Å². The Morgan fingerprint density at radius 1 is 1.08 bits per heavy atom. The van der Waals surface area contributed by atoms with Crippen LogP contribution in [0.5, 0.6) is 0 Å². The summed E-state index contributed by atoms with van der Waals surface area (Å²) < 4.78 is 12.9. The summed E-state index contributed by atoms with van der Waals surface area (Å²) >= 11 is 0. The zero-order valence-corrected chi connectivity index (χ0v) is 13.8. The largest absolute Gasteiger partial charge is 0.385 e. The number of ketones is 1. The van der Waals surface area contributed by atoms with Gasteiger partial charge in [-0.25, -0.2) is 4.39 Å². The summed E-state index contributed by atoms with van der Waals surface area (Å²) in [5.74, 6) is -0.358. The van der Waals surface area contributed by atoms with Gasteiger partial charge in [-0.2, -0.15) is 0 Å². The summed E-state index contributed by atoms with van der Waals surface area (Å²) in [5, 5.41) is 10.9. The van der Waals surface area contributed by atoms with Gasteiger partial charge in [-0.05, 0) is 49.6 Å². The van der Waals surface area contributed by atoms with E-state index in [-0.39, 0.29) is 11.6 Å². The summed E-state index contributed by atoms with van der Waals surface area (Å²) in [7, 11) is 0. The number of hydrogen-bond donors (Lipinski definition) is 1. The molecule has 0 saturated carbocycles. The Kier molecular flexibility index (Phi) is 4.78. The van der Waals surface area contributed by atoms with Gasteiger partial charge in [0.15, 0.2) is 5.78 Å². The maximum atomic E-state index is 12.9. The van der Waals surface area contributed by atoms with Gasteiger partial charge in [-0.3, -0.25) is 9.69 Å². The average molecular weight is 327 g/mol. The average Bonchev–Trinajstić information content (AvgIpc) is 2.58. The molecule has 2 aromatic rings. The van der Waals surface area contributed by atoms with E-state index in [0.29, 0.717) is 38.0 Å². The van der Waals surface area contributed by atoms with Crippen LogP contribution in [0.3, 0.4) is 0 Å². The number of carbonyl (C=O) groups is 1. The molecular weight excluding hydrogens is 305 g/mol. The predicted molar refractivity (Wildman–Crippen MR) is 91.5 cm³/mol. The molecule has 1 aliphatic rings. The highest BCUT2D eigenvalue weighted by Crippen LogP contribution is 2.32. The van der Waals surface area contributed by atoms with Crippen molar-refractivity contribution in [1.29, 1.82) is 0 Å². The molecule has 126 valence electrons. The second-order valence-electron chi connectivity index (χ2n) is 6.60. The van der Waals surface area contributed by atoms with Crippen LogP contribution in [0, 0.1) is 12.7 Å². The monoisotopic (exact) mass is 327 g/mol. The first kappa shape index (κ1) is 16.8. The molecule has 24 heavy (non-hydrogen) atoms. The lowest BCUT2D eigenvalue weighted by atomic mass is 9.84. The third kappa shape index (κ3) is 3.71. The van der Waals surface area contributed by atoms with E-state index in [0.717, 1.165) is 5.56 Å². The molecule has 0 amide bonds. The van der Waals surface area contributed by atoms with Crippen molar-refractivity contribution in [3.8, 4) is 0 Å².